The lowest BCUT2D eigenvalue weighted by atomic mass is 10.2. The van der Waals surface area contributed by atoms with Crippen molar-refractivity contribution in [3.63, 3.8) is 0 Å². The Morgan fingerprint density at radius 2 is 1.83 bits per heavy atom. The van der Waals surface area contributed by atoms with Crippen molar-refractivity contribution in [3.05, 3.63) is 64.9 Å². The van der Waals surface area contributed by atoms with Gasteiger partial charge < -0.3 is 25.0 Å². The highest BCUT2D eigenvalue weighted by atomic mass is 35.5. The van der Waals surface area contributed by atoms with Crippen LogP contribution in [0.1, 0.15) is 0 Å². The lowest BCUT2D eigenvalue weighted by molar-refractivity contribution is -0.141. The first-order chi connectivity index (χ1) is 19.9. The minimum Gasteiger partial charge on any atom is -0.468 e. The van der Waals surface area contributed by atoms with Crippen LogP contribution >= 0.6 is 23.2 Å². The van der Waals surface area contributed by atoms with Crippen LogP contribution in [0.3, 0.4) is 0 Å². The van der Waals surface area contributed by atoms with E-state index in [1.54, 1.807) is 18.2 Å². The molecular formula is C27H25Cl2N7O5. The van der Waals surface area contributed by atoms with Gasteiger partial charge in [-0.15, -0.1) is 0 Å². The Kier molecular flexibility index (Phi) is 8.62. The molecule has 2 aromatic carbocycles. The Bertz CT molecular complexity index is 1590. The fraction of sp³-hybridized carbons (Fsp3) is 0.259. The topological polar surface area (TPSA) is 141 Å². The number of benzene rings is 2. The van der Waals surface area contributed by atoms with E-state index in [1.165, 1.54) is 13.4 Å². The molecule has 4 aromatic rings. The van der Waals surface area contributed by atoms with E-state index in [2.05, 4.69) is 25.3 Å². The van der Waals surface area contributed by atoms with Crippen LogP contribution in [0.5, 0.6) is 0 Å². The number of nitrogens with zero attached hydrogens (tertiary/aromatic N) is 5. The summed E-state index contributed by atoms with van der Waals surface area (Å²) in [6, 6.07) is 14.7. The molecule has 0 radical (unpaired) electrons. The maximum Gasteiger partial charge on any atom is 0.325 e. The van der Waals surface area contributed by atoms with Crippen LogP contribution in [-0.2, 0) is 23.9 Å². The average molecular weight is 598 g/mol. The van der Waals surface area contributed by atoms with Crippen molar-refractivity contribution in [2.24, 2.45) is 0 Å². The molecule has 212 valence electrons. The van der Waals surface area contributed by atoms with Gasteiger partial charge in [-0.05, 0) is 36.4 Å². The summed E-state index contributed by atoms with van der Waals surface area (Å²) in [5.41, 5.74) is 2.54. The van der Waals surface area contributed by atoms with Crippen molar-refractivity contribution in [3.8, 4) is 17.1 Å². The van der Waals surface area contributed by atoms with Gasteiger partial charge in [-0.1, -0.05) is 35.3 Å². The third-order valence-electron chi connectivity index (χ3n) is 6.36. The molecule has 0 spiro atoms. The average Bonchev–Trinajstić information content (AvgIpc) is 3.38. The number of imidazole rings is 1. The number of amides is 2. The van der Waals surface area contributed by atoms with Gasteiger partial charge in [0.15, 0.2) is 23.1 Å². The molecule has 3 heterocycles. The molecule has 1 aliphatic heterocycles. The van der Waals surface area contributed by atoms with Gasteiger partial charge in [0.1, 0.15) is 18.7 Å². The number of nitrogens with one attached hydrogen (secondary N) is 2. The van der Waals surface area contributed by atoms with E-state index in [1.807, 2.05) is 39.8 Å². The van der Waals surface area contributed by atoms with E-state index in [0.29, 0.717) is 45.0 Å². The molecule has 1 fully saturated rings. The molecule has 5 rings (SSSR count). The summed E-state index contributed by atoms with van der Waals surface area (Å²) in [7, 11) is 1.22. The molecule has 1 atom stereocenters. The second-order valence-corrected chi connectivity index (χ2v) is 9.82. The maximum atomic E-state index is 12.8. The fourth-order valence-electron chi connectivity index (χ4n) is 4.36. The Balaban J connectivity index is 1.43. The van der Waals surface area contributed by atoms with Gasteiger partial charge in [0.05, 0.1) is 31.8 Å². The summed E-state index contributed by atoms with van der Waals surface area (Å²) in [6.45, 7) is 0.247. The van der Waals surface area contributed by atoms with Crippen molar-refractivity contribution in [1.29, 1.82) is 0 Å². The SMILES string of the molecule is COC(=O)CNC(=O)CNC(=O)C1CN(c2ncnc3c2nc(-c2ccccc2Cl)n3-c2ccc(Cl)cc2)CCO1. The van der Waals surface area contributed by atoms with E-state index in [4.69, 9.17) is 32.9 Å². The highest BCUT2D eigenvalue weighted by molar-refractivity contribution is 6.33. The molecule has 0 saturated carbocycles. The van der Waals surface area contributed by atoms with Crippen LogP contribution in [-0.4, -0.2) is 83.3 Å². The second kappa shape index (κ2) is 12.5. The third kappa shape index (κ3) is 6.24. The van der Waals surface area contributed by atoms with Gasteiger partial charge in [-0.2, -0.15) is 0 Å². The number of esters is 1. The number of rotatable bonds is 8. The molecule has 12 nitrogen and oxygen atoms in total. The molecule has 0 aliphatic carbocycles. The first kappa shape index (κ1) is 28.3. The third-order valence-corrected chi connectivity index (χ3v) is 6.95. The number of aromatic nitrogens is 4. The largest absolute Gasteiger partial charge is 0.468 e. The van der Waals surface area contributed by atoms with Crippen LogP contribution in [0, 0.1) is 0 Å². The Morgan fingerprint density at radius 3 is 2.59 bits per heavy atom. The van der Waals surface area contributed by atoms with Gasteiger partial charge in [-0.25, -0.2) is 15.0 Å². The summed E-state index contributed by atoms with van der Waals surface area (Å²) < 4.78 is 12.1. The van der Waals surface area contributed by atoms with Crippen LogP contribution in [0.2, 0.25) is 10.0 Å². The van der Waals surface area contributed by atoms with Gasteiger partial charge in [0.2, 0.25) is 5.91 Å². The number of halogens is 2. The molecule has 1 unspecified atom stereocenters. The molecule has 2 N–H and O–H groups in total. The predicted octanol–water partition coefficient (Wildman–Crippen LogP) is 2.40. The first-order valence-electron chi connectivity index (χ1n) is 12.6. The predicted molar refractivity (Wildman–Crippen MR) is 152 cm³/mol. The number of hydrogen-bond donors (Lipinski definition) is 2. The minimum atomic E-state index is -0.872. The second-order valence-electron chi connectivity index (χ2n) is 8.97. The van der Waals surface area contributed by atoms with Crippen LogP contribution in [0.15, 0.2) is 54.9 Å². The minimum absolute atomic E-state index is 0.164. The van der Waals surface area contributed by atoms with Crippen molar-refractivity contribution in [2.45, 2.75) is 6.10 Å². The first-order valence-corrected chi connectivity index (χ1v) is 13.3. The van der Waals surface area contributed by atoms with Gasteiger partial charge in [0.25, 0.3) is 5.91 Å². The van der Waals surface area contributed by atoms with Gasteiger partial charge >= 0.3 is 5.97 Å². The molecule has 1 saturated heterocycles. The summed E-state index contributed by atoms with van der Waals surface area (Å²) in [6.07, 6.45) is 0.571. The summed E-state index contributed by atoms with van der Waals surface area (Å²) in [5.74, 6) is -0.517. The lowest BCUT2D eigenvalue weighted by Gasteiger charge is -2.32. The summed E-state index contributed by atoms with van der Waals surface area (Å²) >= 11 is 12.7. The van der Waals surface area contributed by atoms with E-state index < -0.39 is 23.9 Å². The number of methoxy groups -OCH3 is 1. The van der Waals surface area contributed by atoms with Crippen molar-refractivity contribution < 1.29 is 23.9 Å². The van der Waals surface area contributed by atoms with Crippen LogP contribution in [0.4, 0.5) is 5.82 Å². The molecule has 1 aliphatic rings. The maximum absolute atomic E-state index is 12.8. The normalized spacial score (nSPS) is 15.0. The number of anilines is 1. The Morgan fingerprint density at radius 1 is 1.05 bits per heavy atom. The van der Waals surface area contributed by atoms with Crippen molar-refractivity contribution in [2.75, 3.05) is 44.8 Å². The van der Waals surface area contributed by atoms with E-state index >= 15 is 0 Å². The number of carbonyl (C=O) groups is 3. The highest BCUT2D eigenvalue weighted by Gasteiger charge is 2.30. The quantitative estimate of drug-likeness (QED) is 0.293. The molecule has 14 heteroatoms. The van der Waals surface area contributed by atoms with E-state index in [-0.39, 0.29) is 26.2 Å². The van der Waals surface area contributed by atoms with Gasteiger partial charge in [-0.3, -0.25) is 19.0 Å². The molecule has 2 amide bonds. The summed E-state index contributed by atoms with van der Waals surface area (Å²) in [5, 5.41) is 6.01. The molecule has 0 bridgehead atoms. The standard InChI is InChI=1S/C27H25Cl2N7O5/c1-40-22(38)13-30-21(37)12-31-27(39)20-14-35(10-11-41-20)25-23-26(33-15-32-25)36(17-8-6-16(28)7-9-17)24(34-23)18-4-2-3-5-19(18)29/h2-9,15,20H,10-14H2,1H3,(H,30,37)(H,31,39). The van der Waals surface area contributed by atoms with Crippen LogP contribution in [0.25, 0.3) is 28.2 Å². The Labute approximate surface area is 244 Å². The van der Waals surface area contributed by atoms with Gasteiger partial charge in [0, 0.05) is 22.8 Å². The van der Waals surface area contributed by atoms with Crippen molar-refractivity contribution >= 4 is 58.0 Å². The molecular weight excluding hydrogens is 573 g/mol. The summed E-state index contributed by atoms with van der Waals surface area (Å²) in [4.78, 5) is 51.9. The number of morpholine rings is 1. The molecule has 41 heavy (non-hydrogen) atoms. The smallest absolute Gasteiger partial charge is 0.325 e. The fourth-order valence-corrected chi connectivity index (χ4v) is 4.70. The van der Waals surface area contributed by atoms with E-state index in [0.717, 1.165) is 5.69 Å². The lowest BCUT2D eigenvalue weighted by Crippen LogP contribution is -2.51. The zero-order chi connectivity index (χ0) is 28.9. The monoisotopic (exact) mass is 597 g/mol. The number of carbonyl (C=O) groups excluding carboxylic acids is 3. The highest BCUT2D eigenvalue weighted by Crippen LogP contribution is 2.35. The number of hydrogen-bond acceptors (Lipinski definition) is 9. The van der Waals surface area contributed by atoms with E-state index in [9.17, 15) is 14.4 Å². The zero-order valence-corrected chi connectivity index (χ0v) is 23.4. The number of fused-ring (bicyclic) bond motifs is 1. The molecule has 2 aromatic heterocycles. The zero-order valence-electron chi connectivity index (χ0n) is 21.8. The Hall–Kier alpha value is -4.26. The van der Waals surface area contributed by atoms with Crippen molar-refractivity contribution in [1.82, 2.24) is 30.2 Å². The van der Waals surface area contributed by atoms with Crippen LogP contribution < -0.4 is 15.5 Å². The number of ether oxygens (including phenoxy) is 2.